The first-order valence-electron chi connectivity index (χ1n) is 12.4. The first-order chi connectivity index (χ1) is 18.0. The van der Waals surface area contributed by atoms with E-state index < -0.39 is 0 Å². The van der Waals surface area contributed by atoms with Gasteiger partial charge < -0.3 is 9.80 Å². The number of fused-ring (bicyclic) bond motifs is 2. The fourth-order valence-electron chi connectivity index (χ4n) is 4.88. The van der Waals surface area contributed by atoms with Crippen molar-refractivity contribution in [3.8, 4) is 34.2 Å². The lowest BCUT2D eigenvalue weighted by atomic mass is 10.0. The molecular weight excluding hydrogens is 458 g/mol. The fourth-order valence-corrected chi connectivity index (χ4v) is 4.88. The molecule has 0 bridgehead atoms. The Morgan fingerprint density at radius 3 is 1.70 bits per heavy atom. The number of hydrogen-bond donors (Lipinski definition) is 0. The highest BCUT2D eigenvalue weighted by atomic mass is 15.3. The molecule has 0 N–H and O–H groups in total. The van der Waals surface area contributed by atoms with E-state index >= 15 is 0 Å². The molecule has 3 aromatic heterocycles. The van der Waals surface area contributed by atoms with Gasteiger partial charge in [-0.05, 0) is 31.2 Å². The molecule has 1 aliphatic rings. The number of aromatic nitrogens is 5. The van der Waals surface area contributed by atoms with Gasteiger partial charge in [-0.3, -0.25) is 0 Å². The number of hydrogen-bond acceptors (Lipinski definition) is 5. The molecule has 0 aliphatic carbocycles. The molecule has 7 heteroatoms. The van der Waals surface area contributed by atoms with Gasteiger partial charge in [0.25, 0.3) is 0 Å². The maximum absolute atomic E-state index is 5.02. The standard InChI is InChI=1S/C30H29N7/c1-5-37-25-11-7-6-10-24(25)36(4)26-12-8-9-23(27(26)37)30-32-28(21-13-17-34(2)18-14-21)31-29(33-30)22-15-19-35(3)20-16-22/h6-20H,5H2,1-4H3/q+2. The number of aryl methyl sites for hydroxylation is 2. The Labute approximate surface area is 217 Å². The highest BCUT2D eigenvalue weighted by Crippen LogP contribution is 2.50. The maximum Gasteiger partial charge on any atom is 0.169 e. The smallest absolute Gasteiger partial charge is 0.169 e. The Balaban J connectivity index is 1.59. The molecule has 0 fully saturated rings. The van der Waals surface area contributed by atoms with Crippen LogP contribution >= 0.6 is 0 Å². The Kier molecular flexibility index (Phi) is 5.60. The maximum atomic E-state index is 5.02. The lowest BCUT2D eigenvalue weighted by Gasteiger charge is -2.39. The molecule has 0 radical (unpaired) electrons. The van der Waals surface area contributed by atoms with Crippen molar-refractivity contribution < 1.29 is 9.13 Å². The Bertz CT molecular complexity index is 1530. The molecule has 6 rings (SSSR count). The first-order valence-corrected chi connectivity index (χ1v) is 12.4. The summed E-state index contributed by atoms with van der Waals surface area (Å²) in [7, 11) is 6.12. The zero-order chi connectivity index (χ0) is 25.5. The molecule has 4 heterocycles. The minimum atomic E-state index is 0.652. The molecule has 0 amide bonds. The van der Waals surface area contributed by atoms with Crippen LogP contribution in [-0.2, 0) is 14.1 Å². The Morgan fingerprint density at radius 1 is 0.622 bits per heavy atom. The lowest BCUT2D eigenvalue weighted by Crippen LogP contribution is -2.27. The van der Waals surface area contributed by atoms with E-state index in [1.807, 2.05) is 72.3 Å². The average Bonchev–Trinajstić information content (AvgIpc) is 2.94. The van der Waals surface area contributed by atoms with Crippen molar-refractivity contribution in [2.24, 2.45) is 14.1 Å². The summed E-state index contributed by atoms with van der Waals surface area (Å²) >= 11 is 0. The van der Waals surface area contributed by atoms with Crippen molar-refractivity contribution >= 4 is 22.7 Å². The summed E-state index contributed by atoms with van der Waals surface area (Å²) < 4.78 is 4.01. The van der Waals surface area contributed by atoms with Crippen molar-refractivity contribution in [2.75, 3.05) is 23.4 Å². The molecule has 7 nitrogen and oxygen atoms in total. The number of pyridine rings is 2. The van der Waals surface area contributed by atoms with Crippen molar-refractivity contribution in [1.29, 1.82) is 0 Å². The van der Waals surface area contributed by atoms with Crippen molar-refractivity contribution in [3.63, 3.8) is 0 Å². The summed E-state index contributed by atoms with van der Waals surface area (Å²) in [5, 5.41) is 0. The van der Waals surface area contributed by atoms with Crippen LogP contribution in [-0.4, -0.2) is 28.5 Å². The topological polar surface area (TPSA) is 52.9 Å². The molecule has 0 spiro atoms. The predicted molar refractivity (Wildman–Crippen MR) is 146 cm³/mol. The zero-order valence-electron chi connectivity index (χ0n) is 21.5. The third-order valence-corrected chi connectivity index (χ3v) is 6.85. The number of benzene rings is 2. The third-order valence-electron chi connectivity index (χ3n) is 6.85. The van der Waals surface area contributed by atoms with Gasteiger partial charge >= 0.3 is 0 Å². The molecule has 0 saturated heterocycles. The molecule has 0 saturated carbocycles. The number of para-hydroxylation sites is 3. The molecule has 182 valence electrons. The summed E-state index contributed by atoms with van der Waals surface area (Å²) in [4.78, 5) is 19.5. The van der Waals surface area contributed by atoms with E-state index in [-0.39, 0.29) is 0 Å². The Morgan fingerprint density at radius 2 is 1.14 bits per heavy atom. The summed E-state index contributed by atoms with van der Waals surface area (Å²) in [6.07, 6.45) is 8.04. The minimum absolute atomic E-state index is 0.652. The zero-order valence-corrected chi connectivity index (χ0v) is 21.5. The van der Waals surface area contributed by atoms with Gasteiger partial charge in [0.05, 0.1) is 22.7 Å². The van der Waals surface area contributed by atoms with Gasteiger partial charge in [-0.15, -0.1) is 0 Å². The van der Waals surface area contributed by atoms with Crippen LogP contribution in [0.5, 0.6) is 0 Å². The fraction of sp³-hybridized carbons (Fsp3) is 0.167. The third kappa shape index (κ3) is 3.98. The molecule has 37 heavy (non-hydrogen) atoms. The number of nitrogens with zero attached hydrogens (tertiary/aromatic N) is 7. The van der Waals surface area contributed by atoms with E-state index in [2.05, 4.69) is 66.2 Å². The van der Waals surface area contributed by atoms with Gasteiger partial charge in [0.2, 0.25) is 0 Å². The molecule has 5 aromatic rings. The van der Waals surface area contributed by atoms with Crippen LogP contribution in [0.4, 0.5) is 22.7 Å². The minimum Gasteiger partial charge on any atom is -0.341 e. The van der Waals surface area contributed by atoms with Crippen LogP contribution in [0.15, 0.2) is 91.5 Å². The van der Waals surface area contributed by atoms with Gasteiger partial charge in [-0.1, -0.05) is 18.2 Å². The van der Waals surface area contributed by atoms with E-state index in [9.17, 15) is 0 Å². The molecular formula is C30H29N7+2. The molecule has 0 atom stereocenters. The number of anilines is 4. The first kappa shape index (κ1) is 22.8. The second kappa shape index (κ2) is 9.09. The van der Waals surface area contributed by atoms with Crippen LogP contribution in [0.25, 0.3) is 34.2 Å². The SMILES string of the molecule is CCN1c2ccccc2N(C)c2cccc(-c3nc(-c4cc[n+](C)cc4)nc(-c4cc[n+](C)cc4)n3)c21. The van der Waals surface area contributed by atoms with Crippen molar-refractivity contribution in [1.82, 2.24) is 15.0 Å². The Hall–Kier alpha value is -4.65. The van der Waals surface area contributed by atoms with E-state index in [4.69, 9.17) is 15.0 Å². The average molecular weight is 488 g/mol. The van der Waals surface area contributed by atoms with Crippen LogP contribution in [0, 0.1) is 0 Å². The van der Waals surface area contributed by atoms with Gasteiger partial charge in [-0.25, -0.2) is 24.1 Å². The van der Waals surface area contributed by atoms with E-state index in [0.717, 1.165) is 34.6 Å². The highest BCUT2D eigenvalue weighted by molar-refractivity contribution is 5.99. The van der Waals surface area contributed by atoms with Crippen LogP contribution in [0.2, 0.25) is 0 Å². The second-order valence-corrected chi connectivity index (χ2v) is 9.28. The van der Waals surface area contributed by atoms with Crippen molar-refractivity contribution in [3.05, 3.63) is 91.5 Å². The van der Waals surface area contributed by atoms with Gasteiger partial charge in [0.15, 0.2) is 42.3 Å². The molecule has 1 aliphatic heterocycles. The van der Waals surface area contributed by atoms with E-state index in [1.54, 1.807) is 0 Å². The normalized spacial score (nSPS) is 12.3. The second-order valence-electron chi connectivity index (χ2n) is 9.28. The quantitative estimate of drug-likeness (QED) is 0.342. The monoisotopic (exact) mass is 487 g/mol. The summed E-state index contributed by atoms with van der Waals surface area (Å²) in [6, 6.07) is 23.0. The summed E-state index contributed by atoms with van der Waals surface area (Å²) in [6.45, 7) is 3.00. The van der Waals surface area contributed by atoms with Crippen LogP contribution in [0.1, 0.15) is 6.92 Å². The lowest BCUT2D eigenvalue weighted by molar-refractivity contribution is -0.671. The van der Waals surface area contributed by atoms with Crippen LogP contribution in [0.3, 0.4) is 0 Å². The van der Waals surface area contributed by atoms with Gasteiger partial charge in [-0.2, -0.15) is 0 Å². The molecule has 0 unspecified atom stereocenters. The van der Waals surface area contributed by atoms with Gasteiger partial charge in [0.1, 0.15) is 14.1 Å². The van der Waals surface area contributed by atoms with Gasteiger partial charge in [0, 0.05) is 54.5 Å². The van der Waals surface area contributed by atoms with E-state index in [0.29, 0.717) is 17.5 Å². The van der Waals surface area contributed by atoms with Crippen LogP contribution < -0.4 is 18.9 Å². The summed E-state index contributed by atoms with van der Waals surface area (Å²) in [5.41, 5.74) is 7.46. The predicted octanol–water partition coefficient (Wildman–Crippen LogP) is 4.76. The largest absolute Gasteiger partial charge is 0.341 e. The van der Waals surface area contributed by atoms with Crippen molar-refractivity contribution in [2.45, 2.75) is 6.92 Å². The van der Waals surface area contributed by atoms with E-state index in [1.165, 1.54) is 11.4 Å². The number of rotatable bonds is 4. The summed E-state index contributed by atoms with van der Waals surface area (Å²) in [5.74, 6) is 1.96. The molecule has 2 aromatic carbocycles. The highest BCUT2D eigenvalue weighted by Gasteiger charge is 2.29.